The van der Waals surface area contributed by atoms with Crippen LogP contribution in [0.25, 0.3) is 0 Å². The van der Waals surface area contributed by atoms with Gasteiger partial charge in [-0.1, -0.05) is 54.6 Å². The average Bonchev–Trinajstić information content (AvgIpc) is 2.94. The number of anilines is 1. The second-order valence-electron chi connectivity index (χ2n) is 8.46. The van der Waals surface area contributed by atoms with Crippen molar-refractivity contribution in [3.8, 4) is 0 Å². The minimum atomic E-state index is -1.62. The number of urea groups is 1. The number of imide groups is 1. The van der Waals surface area contributed by atoms with E-state index in [9.17, 15) is 22.8 Å². The summed E-state index contributed by atoms with van der Waals surface area (Å²) in [6.45, 7) is 4.10. The van der Waals surface area contributed by atoms with Crippen molar-refractivity contribution in [1.82, 2.24) is 9.88 Å². The van der Waals surface area contributed by atoms with E-state index in [1.165, 1.54) is 18.7 Å². The van der Waals surface area contributed by atoms with Gasteiger partial charge in [0.2, 0.25) is 5.95 Å². The molecule has 1 aromatic heterocycles. The molecule has 0 atom stereocenters. The fourth-order valence-electron chi connectivity index (χ4n) is 3.96. The number of halogens is 3. The largest absolute Gasteiger partial charge is 0.332 e. The number of aryl methyl sites for hydroxylation is 1. The highest BCUT2D eigenvalue weighted by Crippen LogP contribution is 2.36. The Bertz CT molecular complexity index is 1250. The number of carbonyl (C=O) groups is 2. The molecule has 3 amide bonds. The number of pyridine rings is 1. The Hall–Kier alpha value is -3.68. The lowest BCUT2D eigenvalue weighted by Crippen LogP contribution is -2.43. The first-order valence-corrected chi connectivity index (χ1v) is 10.4. The lowest BCUT2D eigenvalue weighted by atomic mass is 9.97. The van der Waals surface area contributed by atoms with Crippen LogP contribution in [0, 0.1) is 24.5 Å². The predicted molar refractivity (Wildman–Crippen MR) is 117 cm³/mol. The fraction of sp³-hybridized carbons (Fsp3) is 0.240. The minimum Gasteiger partial charge on any atom is -0.305 e. The maximum absolute atomic E-state index is 14.6. The van der Waals surface area contributed by atoms with Crippen molar-refractivity contribution >= 4 is 17.6 Å². The van der Waals surface area contributed by atoms with Crippen molar-refractivity contribution in [2.75, 3.05) is 4.90 Å². The zero-order valence-corrected chi connectivity index (χ0v) is 18.4. The summed E-state index contributed by atoms with van der Waals surface area (Å²) in [5.74, 6) is -5.31. The summed E-state index contributed by atoms with van der Waals surface area (Å²) < 4.78 is 43.2. The van der Waals surface area contributed by atoms with Gasteiger partial charge in [0, 0.05) is 6.54 Å². The summed E-state index contributed by atoms with van der Waals surface area (Å²) in [5, 5.41) is 0. The Labute approximate surface area is 189 Å². The second-order valence-corrected chi connectivity index (χ2v) is 8.46. The van der Waals surface area contributed by atoms with Crippen LogP contribution in [-0.4, -0.2) is 27.4 Å². The molecule has 5 nitrogen and oxygen atoms in total. The SMILES string of the molecule is Cc1nc(F)c(N2C(=O)N(Cc3ccccc3Cc3ccccc3)C(C)(C)C2=O)c(F)c1F. The number of nitrogens with zero attached hydrogens (tertiary/aromatic N) is 3. The molecule has 33 heavy (non-hydrogen) atoms. The van der Waals surface area contributed by atoms with E-state index in [0.717, 1.165) is 23.6 Å². The van der Waals surface area contributed by atoms with Crippen molar-refractivity contribution in [2.24, 2.45) is 0 Å². The number of benzene rings is 2. The zero-order chi connectivity index (χ0) is 23.9. The van der Waals surface area contributed by atoms with Crippen molar-refractivity contribution in [3.63, 3.8) is 0 Å². The lowest BCUT2D eigenvalue weighted by molar-refractivity contribution is -0.123. The maximum atomic E-state index is 14.6. The first-order valence-electron chi connectivity index (χ1n) is 10.4. The highest BCUT2D eigenvalue weighted by Gasteiger charge is 2.53. The molecule has 0 bridgehead atoms. The monoisotopic (exact) mass is 453 g/mol. The Morgan fingerprint density at radius 1 is 0.879 bits per heavy atom. The van der Waals surface area contributed by atoms with Crippen LogP contribution in [0.2, 0.25) is 0 Å². The number of carbonyl (C=O) groups excluding carboxylic acids is 2. The van der Waals surface area contributed by atoms with Gasteiger partial charge < -0.3 is 4.90 Å². The molecule has 1 aliphatic heterocycles. The highest BCUT2D eigenvalue weighted by molar-refractivity contribution is 6.23. The molecule has 8 heteroatoms. The van der Waals surface area contributed by atoms with Crippen LogP contribution in [0.15, 0.2) is 54.6 Å². The molecule has 0 N–H and O–H groups in total. The molecule has 0 spiro atoms. The molecular weight excluding hydrogens is 431 g/mol. The summed E-state index contributed by atoms with van der Waals surface area (Å²) in [4.78, 5) is 31.2. The summed E-state index contributed by atoms with van der Waals surface area (Å²) in [6.07, 6.45) is 0.605. The Morgan fingerprint density at radius 3 is 2.15 bits per heavy atom. The fourth-order valence-corrected chi connectivity index (χ4v) is 3.96. The molecule has 4 rings (SSSR count). The number of hydrogen-bond donors (Lipinski definition) is 0. The molecule has 1 saturated heterocycles. The van der Waals surface area contributed by atoms with Crippen molar-refractivity contribution in [3.05, 3.63) is 94.6 Å². The van der Waals surface area contributed by atoms with Crippen molar-refractivity contribution < 1.29 is 22.8 Å². The Balaban J connectivity index is 1.71. The van der Waals surface area contributed by atoms with Gasteiger partial charge in [-0.2, -0.15) is 4.39 Å². The molecule has 0 aliphatic carbocycles. The molecule has 3 aromatic rings. The van der Waals surface area contributed by atoms with Gasteiger partial charge in [-0.05, 0) is 43.9 Å². The highest BCUT2D eigenvalue weighted by atomic mass is 19.2. The van der Waals surface area contributed by atoms with E-state index < -0.39 is 46.4 Å². The minimum absolute atomic E-state index is 0.0299. The number of aromatic nitrogens is 1. The number of hydrogen-bond acceptors (Lipinski definition) is 3. The van der Waals surface area contributed by atoms with E-state index in [-0.39, 0.29) is 6.54 Å². The number of rotatable bonds is 5. The summed E-state index contributed by atoms with van der Waals surface area (Å²) in [5.41, 5.74) is -0.220. The van der Waals surface area contributed by atoms with Gasteiger partial charge in [-0.25, -0.2) is 23.5 Å². The Morgan fingerprint density at radius 2 is 1.48 bits per heavy atom. The molecule has 1 aliphatic rings. The van der Waals surface area contributed by atoms with E-state index in [0.29, 0.717) is 11.3 Å². The average molecular weight is 453 g/mol. The first-order chi connectivity index (χ1) is 15.6. The summed E-state index contributed by atoms with van der Waals surface area (Å²) in [6, 6.07) is 16.3. The van der Waals surface area contributed by atoms with Gasteiger partial charge in [0.15, 0.2) is 11.6 Å². The van der Waals surface area contributed by atoms with Crippen molar-refractivity contribution in [1.29, 1.82) is 0 Å². The van der Waals surface area contributed by atoms with Gasteiger partial charge in [-0.3, -0.25) is 4.79 Å². The predicted octanol–water partition coefficient (Wildman–Crippen LogP) is 5.15. The van der Waals surface area contributed by atoms with Gasteiger partial charge in [0.05, 0.1) is 5.69 Å². The van der Waals surface area contributed by atoms with Crippen LogP contribution in [0.3, 0.4) is 0 Å². The quantitative estimate of drug-likeness (QED) is 0.397. The van der Waals surface area contributed by atoms with E-state index in [1.54, 1.807) is 0 Å². The summed E-state index contributed by atoms with van der Waals surface area (Å²) >= 11 is 0. The van der Waals surface area contributed by atoms with E-state index in [1.807, 2.05) is 54.6 Å². The van der Waals surface area contributed by atoms with Crippen LogP contribution in [-0.2, 0) is 17.8 Å². The third kappa shape index (κ3) is 3.86. The van der Waals surface area contributed by atoms with Crippen LogP contribution in [0.1, 0.15) is 36.2 Å². The van der Waals surface area contributed by atoms with E-state index in [2.05, 4.69) is 4.98 Å². The zero-order valence-electron chi connectivity index (χ0n) is 18.4. The maximum Gasteiger partial charge on any atom is 0.332 e. The van der Waals surface area contributed by atoms with E-state index in [4.69, 9.17) is 0 Å². The molecule has 170 valence electrons. The van der Waals surface area contributed by atoms with Gasteiger partial charge in [-0.15, -0.1) is 0 Å². The molecule has 0 unspecified atom stereocenters. The number of amides is 3. The molecule has 0 radical (unpaired) electrons. The Kier molecular flexibility index (Phi) is 5.69. The molecule has 1 fully saturated rings. The molecule has 0 saturated carbocycles. The normalized spacial score (nSPS) is 15.5. The van der Waals surface area contributed by atoms with Gasteiger partial charge in [0.25, 0.3) is 5.91 Å². The smallest absolute Gasteiger partial charge is 0.305 e. The second kappa shape index (κ2) is 8.35. The van der Waals surface area contributed by atoms with Crippen LogP contribution < -0.4 is 4.90 Å². The van der Waals surface area contributed by atoms with Crippen LogP contribution in [0.5, 0.6) is 0 Å². The molecule has 2 heterocycles. The first kappa shape index (κ1) is 22.5. The standard InChI is InChI=1S/C25H22F3N3O2/c1-15-19(26)20(27)21(22(28)29-15)31-23(32)25(2,3)30(24(31)33)14-18-12-8-7-11-17(18)13-16-9-5-4-6-10-16/h4-12H,13-14H2,1-3H3. The topological polar surface area (TPSA) is 53.5 Å². The summed E-state index contributed by atoms with van der Waals surface area (Å²) in [7, 11) is 0. The van der Waals surface area contributed by atoms with E-state index >= 15 is 0 Å². The molecular formula is C25H22F3N3O2. The van der Waals surface area contributed by atoms with Crippen LogP contribution >= 0.6 is 0 Å². The third-order valence-corrected chi connectivity index (χ3v) is 5.91. The van der Waals surface area contributed by atoms with Gasteiger partial charge in [0.1, 0.15) is 11.2 Å². The van der Waals surface area contributed by atoms with Crippen LogP contribution in [0.4, 0.5) is 23.7 Å². The molecule has 2 aromatic carbocycles. The lowest BCUT2D eigenvalue weighted by Gasteiger charge is -2.28. The third-order valence-electron chi connectivity index (χ3n) is 5.91. The van der Waals surface area contributed by atoms with Crippen molar-refractivity contribution in [2.45, 2.75) is 39.3 Å². The van der Waals surface area contributed by atoms with Gasteiger partial charge >= 0.3 is 6.03 Å².